The molecule has 0 bridgehead atoms. The number of aromatic nitrogens is 3. The Morgan fingerprint density at radius 3 is 2.91 bits per heavy atom. The maximum atomic E-state index is 5.62. The number of nitrogens with zero attached hydrogens (tertiary/aromatic N) is 5. The lowest BCUT2D eigenvalue weighted by molar-refractivity contribution is 0.156. The zero-order chi connectivity index (χ0) is 16.0. The first-order valence-electron chi connectivity index (χ1n) is 8.75. The van der Waals surface area contributed by atoms with Gasteiger partial charge < -0.3 is 19.5 Å². The molecule has 7 heteroatoms. The number of likely N-dealkylation sites (tertiary alicyclic amines) is 1. The van der Waals surface area contributed by atoms with Crippen LogP contribution < -0.4 is 5.32 Å². The third kappa shape index (κ3) is 4.22. The van der Waals surface area contributed by atoms with Crippen LogP contribution in [0.1, 0.15) is 32.6 Å². The Hall–Kier alpha value is -1.63. The van der Waals surface area contributed by atoms with Crippen LogP contribution in [0, 0.1) is 5.41 Å². The largest absolute Gasteiger partial charge is 0.381 e. The lowest BCUT2D eigenvalue weighted by Crippen LogP contribution is -2.41. The van der Waals surface area contributed by atoms with Crippen LogP contribution in [0.5, 0.6) is 0 Å². The number of hydrogen-bond donors (Lipinski definition) is 1. The quantitative estimate of drug-likeness (QED) is 0.483. The standard InChI is InChI=1S/C16H28N6O/c1-2-17-15(18-7-3-4-8-21-13-19-20-14-21)22-9-5-16(11-22)6-10-23-12-16/h13-14H,2-12H2,1H3,(H,17,18). The molecule has 0 radical (unpaired) electrons. The SMILES string of the molecule is CCNC(=NCCCCn1cnnc1)N1CCC2(CCOC2)C1. The Bertz CT molecular complexity index is 495. The van der Waals surface area contributed by atoms with Crippen LogP contribution in [0.25, 0.3) is 0 Å². The van der Waals surface area contributed by atoms with Crippen LogP contribution in [0.2, 0.25) is 0 Å². The van der Waals surface area contributed by atoms with E-state index in [-0.39, 0.29) is 0 Å². The van der Waals surface area contributed by atoms with E-state index in [4.69, 9.17) is 9.73 Å². The molecule has 1 aromatic rings. The molecule has 0 saturated carbocycles. The van der Waals surface area contributed by atoms with Gasteiger partial charge in [0.25, 0.3) is 0 Å². The number of ether oxygens (including phenoxy) is 1. The monoisotopic (exact) mass is 320 g/mol. The molecule has 1 aromatic heterocycles. The van der Waals surface area contributed by atoms with Crippen LogP contribution in [0.15, 0.2) is 17.6 Å². The van der Waals surface area contributed by atoms with Gasteiger partial charge in [-0.25, -0.2) is 0 Å². The first-order chi connectivity index (χ1) is 11.3. The van der Waals surface area contributed by atoms with Crippen LogP contribution in [-0.2, 0) is 11.3 Å². The average molecular weight is 320 g/mol. The van der Waals surface area contributed by atoms with Gasteiger partial charge in [-0.3, -0.25) is 4.99 Å². The van der Waals surface area contributed by atoms with Gasteiger partial charge in [0.2, 0.25) is 0 Å². The third-order valence-electron chi connectivity index (χ3n) is 4.81. The molecular formula is C16H28N6O. The van der Waals surface area contributed by atoms with Gasteiger partial charge in [0.1, 0.15) is 12.7 Å². The number of unbranched alkanes of at least 4 members (excludes halogenated alkanes) is 1. The maximum Gasteiger partial charge on any atom is 0.193 e. The highest BCUT2D eigenvalue weighted by atomic mass is 16.5. The number of rotatable bonds is 6. The molecule has 1 spiro atoms. The van der Waals surface area contributed by atoms with E-state index in [0.717, 1.165) is 64.7 Å². The second-order valence-corrected chi connectivity index (χ2v) is 6.62. The topological polar surface area (TPSA) is 67.6 Å². The molecule has 128 valence electrons. The van der Waals surface area contributed by atoms with Crippen LogP contribution in [0.3, 0.4) is 0 Å². The van der Waals surface area contributed by atoms with Gasteiger partial charge >= 0.3 is 0 Å². The number of hydrogen-bond acceptors (Lipinski definition) is 4. The van der Waals surface area contributed by atoms with Crippen molar-refractivity contribution >= 4 is 5.96 Å². The normalized spacial score (nSPS) is 24.7. The Morgan fingerprint density at radius 1 is 1.30 bits per heavy atom. The summed E-state index contributed by atoms with van der Waals surface area (Å²) in [6.45, 7) is 8.89. The second-order valence-electron chi connectivity index (χ2n) is 6.62. The summed E-state index contributed by atoms with van der Waals surface area (Å²) in [5, 5.41) is 11.1. The fraction of sp³-hybridized carbons (Fsp3) is 0.812. The second kappa shape index (κ2) is 7.77. The molecule has 2 saturated heterocycles. The molecule has 2 aliphatic rings. The van der Waals surface area contributed by atoms with Crippen molar-refractivity contribution in [3.63, 3.8) is 0 Å². The van der Waals surface area contributed by atoms with E-state index in [1.165, 1.54) is 12.8 Å². The average Bonchev–Trinajstić information content (AvgIpc) is 3.30. The first kappa shape index (κ1) is 16.2. The van der Waals surface area contributed by atoms with Gasteiger partial charge in [-0.1, -0.05) is 0 Å². The minimum Gasteiger partial charge on any atom is -0.381 e. The van der Waals surface area contributed by atoms with Gasteiger partial charge in [0.15, 0.2) is 5.96 Å². The zero-order valence-electron chi connectivity index (χ0n) is 14.1. The Balaban J connectivity index is 1.46. The predicted molar refractivity (Wildman–Crippen MR) is 89.3 cm³/mol. The van der Waals surface area contributed by atoms with Crippen molar-refractivity contribution in [2.75, 3.05) is 39.4 Å². The van der Waals surface area contributed by atoms with Gasteiger partial charge in [-0.15, -0.1) is 10.2 Å². The summed E-state index contributed by atoms with van der Waals surface area (Å²) >= 11 is 0. The summed E-state index contributed by atoms with van der Waals surface area (Å²) in [6, 6.07) is 0. The molecule has 1 N–H and O–H groups in total. The summed E-state index contributed by atoms with van der Waals surface area (Å²) in [6.07, 6.45) is 8.13. The molecule has 2 fully saturated rings. The van der Waals surface area contributed by atoms with E-state index in [0.29, 0.717) is 5.41 Å². The summed E-state index contributed by atoms with van der Waals surface area (Å²) in [5.41, 5.74) is 0.380. The smallest absolute Gasteiger partial charge is 0.193 e. The molecule has 0 aliphatic carbocycles. The maximum absolute atomic E-state index is 5.62. The van der Waals surface area contributed by atoms with Crippen molar-refractivity contribution in [2.45, 2.75) is 39.2 Å². The van der Waals surface area contributed by atoms with E-state index in [1.54, 1.807) is 12.7 Å². The van der Waals surface area contributed by atoms with Gasteiger partial charge in [0, 0.05) is 44.7 Å². The van der Waals surface area contributed by atoms with Crippen molar-refractivity contribution in [3.8, 4) is 0 Å². The number of aliphatic imine (C=N–C) groups is 1. The number of guanidine groups is 1. The van der Waals surface area contributed by atoms with Crippen molar-refractivity contribution in [2.24, 2.45) is 10.4 Å². The molecule has 7 nitrogen and oxygen atoms in total. The molecule has 3 heterocycles. The summed E-state index contributed by atoms with van der Waals surface area (Å²) in [7, 11) is 0. The van der Waals surface area contributed by atoms with E-state index >= 15 is 0 Å². The lowest BCUT2D eigenvalue weighted by atomic mass is 9.87. The van der Waals surface area contributed by atoms with Crippen LogP contribution in [-0.4, -0.2) is 65.0 Å². The Morgan fingerprint density at radius 2 is 2.17 bits per heavy atom. The molecule has 1 atom stereocenters. The molecule has 0 aromatic carbocycles. The van der Waals surface area contributed by atoms with Crippen molar-refractivity contribution in [3.05, 3.63) is 12.7 Å². The molecule has 0 amide bonds. The van der Waals surface area contributed by atoms with Crippen LogP contribution >= 0.6 is 0 Å². The highest BCUT2D eigenvalue weighted by Gasteiger charge is 2.42. The minimum atomic E-state index is 0.380. The fourth-order valence-corrected chi connectivity index (χ4v) is 3.44. The van der Waals surface area contributed by atoms with Crippen molar-refractivity contribution < 1.29 is 4.74 Å². The highest BCUT2D eigenvalue weighted by Crippen LogP contribution is 2.38. The lowest BCUT2D eigenvalue weighted by Gasteiger charge is -2.25. The molecule has 3 rings (SSSR count). The van der Waals surface area contributed by atoms with Gasteiger partial charge in [-0.2, -0.15) is 0 Å². The van der Waals surface area contributed by atoms with Gasteiger partial charge in [-0.05, 0) is 32.6 Å². The summed E-state index contributed by atoms with van der Waals surface area (Å²) in [5.74, 6) is 1.07. The van der Waals surface area contributed by atoms with Crippen molar-refractivity contribution in [1.82, 2.24) is 25.0 Å². The Kier molecular flexibility index (Phi) is 5.48. The zero-order valence-corrected chi connectivity index (χ0v) is 14.1. The predicted octanol–water partition coefficient (Wildman–Crippen LogP) is 1.14. The first-order valence-corrected chi connectivity index (χ1v) is 8.75. The van der Waals surface area contributed by atoms with E-state index < -0.39 is 0 Å². The van der Waals surface area contributed by atoms with Gasteiger partial charge in [0.05, 0.1) is 6.61 Å². The molecule has 23 heavy (non-hydrogen) atoms. The molecular weight excluding hydrogens is 292 g/mol. The van der Waals surface area contributed by atoms with E-state index in [1.807, 2.05) is 4.57 Å². The Labute approximate surface area is 138 Å². The number of aryl methyl sites for hydroxylation is 1. The molecule has 1 unspecified atom stereocenters. The van der Waals surface area contributed by atoms with E-state index in [9.17, 15) is 0 Å². The minimum absolute atomic E-state index is 0.380. The van der Waals surface area contributed by atoms with E-state index in [2.05, 4.69) is 27.3 Å². The molecule has 2 aliphatic heterocycles. The highest BCUT2D eigenvalue weighted by molar-refractivity contribution is 5.80. The summed E-state index contributed by atoms with van der Waals surface area (Å²) < 4.78 is 7.63. The summed E-state index contributed by atoms with van der Waals surface area (Å²) in [4.78, 5) is 7.23. The number of nitrogens with one attached hydrogen (secondary N) is 1. The fourth-order valence-electron chi connectivity index (χ4n) is 3.44. The van der Waals surface area contributed by atoms with Crippen molar-refractivity contribution in [1.29, 1.82) is 0 Å². The third-order valence-corrected chi connectivity index (χ3v) is 4.81. The van der Waals surface area contributed by atoms with Crippen LogP contribution in [0.4, 0.5) is 0 Å².